The highest BCUT2D eigenvalue weighted by atomic mass is 32.1. The predicted octanol–water partition coefficient (Wildman–Crippen LogP) is 1.46. The molecule has 2 N–H and O–H groups in total. The molecule has 0 amide bonds. The Labute approximate surface area is 92.8 Å². The molecule has 2 rings (SSSR count). The molecule has 5 heteroatoms. The van der Waals surface area contributed by atoms with Crippen molar-refractivity contribution in [2.45, 2.75) is 26.9 Å². The summed E-state index contributed by atoms with van der Waals surface area (Å²) in [5, 5.41) is 5.42. The topological polar surface area (TPSA) is 56.7 Å². The fourth-order valence-electron chi connectivity index (χ4n) is 1.35. The lowest BCUT2D eigenvalue weighted by atomic mass is 10.4. The maximum atomic E-state index is 5.50. The molecule has 0 bridgehead atoms. The summed E-state index contributed by atoms with van der Waals surface area (Å²) in [6, 6.07) is 1.94. The minimum absolute atomic E-state index is 0.489. The van der Waals surface area contributed by atoms with Gasteiger partial charge in [0.1, 0.15) is 5.01 Å². The molecular weight excluding hydrogens is 208 g/mol. The summed E-state index contributed by atoms with van der Waals surface area (Å²) in [6.45, 7) is 5.34. The highest BCUT2D eigenvalue weighted by molar-refractivity contribution is 7.11. The van der Waals surface area contributed by atoms with Gasteiger partial charge in [0.15, 0.2) is 0 Å². The lowest BCUT2D eigenvalue weighted by molar-refractivity contribution is 0.668. The Bertz CT molecular complexity index is 438. The van der Waals surface area contributed by atoms with Crippen molar-refractivity contribution in [2.24, 2.45) is 5.73 Å². The van der Waals surface area contributed by atoms with Crippen LogP contribution < -0.4 is 5.73 Å². The lowest BCUT2D eigenvalue weighted by Gasteiger charge is -1.96. The van der Waals surface area contributed by atoms with Gasteiger partial charge in [0, 0.05) is 17.6 Å². The summed E-state index contributed by atoms with van der Waals surface area (Å²) in [4.78, 5) is 5.74. The molecule has 0 fully saturated rings. The second kappa shape index (κ2) is 4.12. The molecule has 80 valence electrons. The number of aromatic nitrogens is 3. The van der Waals surface area contributed by atoms with E-state index in [0.29, 0.717) is 6.54 Å². The van der Waals surface area contributed by atoms with Gasteiger partial charge < -0.3 is 5.73 Å². The molecule has 0 aromatic carbocycles. The van der Waals surface area contributed by atoms with Crippen molar-refractivity contribution in [1.82, 2.24) is 14.8 Å². The molecule has 0 atom stereocenters. The summed E-state index contributed by atoms with van der Waals surface area (Å²) in [6.07, 6.45) is 1.94. The molecule has 2 heterocycles. The Morgan fingerprint density at radius 2 is 2.27 bits per heavy atom. The van der Waals surface area contributed by atoms with Crippen LogP contribution in [0.2, 0.25) is 0 Å². The van der Waals surface area contributed by atoms with Gasteiger partial charge in [-0.3, -0.25) is 4.68 Å². The van der Waals surface area contributed by atoms with Gasteiger partial charge in [-0.25, -0.2) is 4.98 Å². The van der Waals surface area contributed by atoms with E-state index in [9.17, 15) is 0 Å². The van der Waals surface area contributed by atoms with E-state index in [0.717, 1.165) is 22.9 Å². The second-order valence-electron chi connectivity index (χ2n) is 3.46. The average molecular weight is 222 g/mol. The van der Waals surface area contributed by atoms with Crippen molar-refractivity contribution in [1.29, 1.82) is 0 Å². The third kappa shape index (κ3) is 2.24. The van der Waals surface area contributed by atoms with Crippen LogP contribution in [0.1, 0.15) is 21.3 Å². The van der Waals surface area contributed by atoms with Gasteiger partial charge in [-0.05, 0) is 19.9 Å². The first-order chi connectivity index (χ1) is 7.19. The first-order valence-electron chi connectivity index (χ1n) is 4.84. The summed E-state index contributed by atoms with van der Waals surface area (Å²) >= 11 is 1.72. The minimum atomic E-state index is 0.489. The second-order valence-corrected chi connectivity index (χ2v) is 4.75. The molecule has 0 saturated heterocycles. The van der Waals surface area contributed by atoms with E-state index in [1.54, 1.807) is 11.3 Å². The van der Waals surface area contributed by atoms with Crippen LogP contribution in [0.3, 0.4) is 0 Å². The Morgan fingerprint density at radius 1 is 1.47 bits per heavy atom. The van der Waals surface area contributed by atoms with Gasteiger partial charge in [-0.1, -0.05) is 0 Å². The number of hydrogen-bond acceptors (Lipinski definition) is 4. The van der Waals surface area contributed by atoms with Crippen molar-refractivity contribution in [3.05, 3.63) is 33.5 Å². The largest absolute Gasteiger partial charge is 0.325 e. The number of rotatable bonds is 3. The number of thiazole rings is 1. The molecular formula is C10H14N4S. The van der Waals surface area contributed by atoms with Gasteiger partial charge in [0.05, 0.1) is 17.9 Å². The molecule has 0 aliphatic heterocycles. The van der Waals surface area contributed by atoms with Crippen LogP contribution in [0, 0.1) is 13.8 Å². The lowest BCUT2D eigenvalue weighted by Crippen LogP contribution is -2.03. The normalized spacial score (nSPS) is 10.9. The van der Waals surface area contributed by atoms with Crippen LogP contribution in [0.5, 0.6) is 0 Å². The predicted molar refractivity (Wildman–Crippen MR) is 60.8 cm³/mol. The van der Waals surface area contributed by atoms with E-state index in [-0.39, 0.29) is 0 Å². The monoisotopic (exact) mass is 222 g/mol. The van der Waals surface area contributed by atoms with Crippen molar-refractivity contribution in [2.75, 3.05) is 0 Å². The van der Waals surface area contributed by atoms with Gasteiger partial charge in [-0.15, -0.1) is 11.3 Å². The van der Waals surface area contributed by atoms with Crippen LogP contribution in [0.15, 0.2) is 12.3 Å². The summed E-state index contributed by atoms with van der Waals surface area (Å²) < 4.78 is 1.87. The molecule has 2 aromatic rings. The third-order valence-electron chi connectivity index (χ3n) is 2.28. The zero-order valence-corrected chi connectivity index (χ0v) is 9.71. The zero-order valence-electron chi connectivity index (χ0n) is 8.90. The van der Waals surface area contributed by atoms with E-state index in [2.05, 4.69) is 17.0 Å². The molecule has 0 spiro atoms. The van der Waals surface area contributed by atoms with E-state index < -0.39 is 0 Å². The van der Waals surface area contributed by atoms with Gasteiger partial charge in [0.25, 0.3) is 0 Å². The van der Waals surface area contributed by atoms with E-state index in [4.69, 9.17) is 5.73 Å². The third-order valence-corrected chi connectivity index (χ3v) is 3.33. The smallest absolute Gasteiger partial charge is 0.115 e. The van der Waals surface area contributed by atoms with Crippen LogP contribution >= 0.6 is 11.3 Å². The van der Waals surface area contributed by atoms with Crippen molar-refractivity contribution < 1.29 is 0 Å². The number of nitrogens with zero attached hydrogens (tertiary/aromatic N) is 3. The van der Waals surface area contributed by atoms with Crippen molar-refractivity contribution >= 4 is 11.3 Å². The summed E-state index contributed by atoms with van der Waals surface area (Å²) in [5.74, 6) is 0. The maximum absolute atomic E-state index is 5.50. The van der Waals surface area contributed by atoms with E-state index in [1.165, 1.54) is 4.88 Å². The standard InChI is InChI=1S/C10H14N4S/c1-7-8(2)15-10(12-7)6-14-4-3-9(5-11)13-14/h3-4H,5-6,11H2,1-2H3. The SMILES string of the molecule is Cc1nc(Cn2ccc(CN)n2)sc1C. The number of nitrogens with two attached hydrogens (primary N) is 1. The van der Waals surface area contributed by atoms with Crippen molar-refractivity contribution in [3.8, 4) is 0 Å². The van der Waals surface area contributed by atoms with Gasteiger partial charge in [0.2, 0.25) is 0 Å². The average Bonchev–Trinajstić information content (AvgIpc) is 2.76. The Morgan fingerprint density at radius 3 is 2.80 bits per heavy atom. The minimum Gasteiger partial charge on any atom is -0.325 e. The molecule has 0 aliphatic carbocycles. The molecule has 15 heavy (non-hydrogen) atoms. The highest BCUT2D eigenvalue weighted by Gasteiger charge is 2.05. The highest BCUT2D eigenvalue weighted by Crippen LogP contribution is 2.17. The molecule has 0 unspecified atom stereocenters. The fourth-order valence-corrected chi connectivity index (χ4v) is 2.27. The van der Waals surface area contributed by atoms with E-state index >= 15 is 0 Å². The van der Waals surface area contributed by atoms with E-state index in [1.807, 2.05) is 23.9 Å². The summed E-state index contributed by atoms with van der Waals surface area (Å²) in [5.41, 5.74) is 7.52. The molecule has 0 aliphatic rings. The Kier molecular flexibility index (Phi) is 2.83. The van der Waals surface area contributed by atoms with Crippen LogP contribution in [0.4, 0.5) is 0 Å². The first-order valence-corrected chi connectivity index (χ1v) is 5.66. The molecule has 4 nitrogen and oxygen atoms in total. The van der Waals surface area contributed by atoms with Crippen LogP contribution in [0.25, 0.3) is 0 Å². The Balaban J connectivity index is 2.14. The zero-order chi connectivity index (χ0) is 10.8. The number of aryl methyl sites for hydroxylation is 2. The fraction of sp³-hybridized carbons (Fsp3) is 0.400. The quantitative estimate of drug-likeness (QED) is 0.855. The maximum Gasteiger partial charge on any atom is 0.115 e. The van der Waals surface area contributed by atoms with Gasteiger partial charge >= 0.3 is 0 Å². The molecule has 0 saturated carbocycles. The molecule has 0 radical (unpaired) electrons. The van der Waals surface area contributed by atoms with Crippen LogP contribution in [-0.4, -0.2) is 14.8 Å². The summed E-state index contributed by atoms with van der Waals surface area (Å²) in [7, 11) is 0. The number of hydrogen-bond donors (Lipinski definition) is 1. The Hall–Kier alpha value is -1.20. The van der Waals surface area contributed by atoms with Crippen LogP contribution in [-0.2, 0) is 13.1 Å². The van der Waals surface area contributed by atoms with Gasteiger partial charge in [-0.2, -0.15) is 5.10 Å². The molecule has 2 aromatic heterocycles. The van der Waals surface area contributed by atoms with Crippen molar-refractivity contribution in [3.63, 3.8) is 0 Å². The first kappa shape index (κ1) is 10.3.